The maximum absolute atomic E-state index is 11.7. The van der Waals surface area contributed by atoms with Gasteiger partial charge in [0.05, 0.1) is 0 Å². The Hall–Kier alpha value is -1.88. The number of hydrogen-bond acceptors (Lipinski definition) is 3. The van der Waals surface area contributed by atoms with E-state index in [4.69, 9.17) is 5.73 Å². The summed E-state index contributed by atoms with van der Waals surface area (Å²) in [6.07, 6.45) is 0.903. The lowest BCUT2D eigenvalue weighted by atomic mass is 9.92. The summed E-state index contributed by atoms with van der Waals surface area (Å²) in [5.41, 5.74) is 7.71. The molecule has 0 saturated carbocycles. The molecular formula is C14H19N3O2. The Morgan fingerprint density at radius 2 is 2.16 bits per heavy atom. The van der Waals surface area contributed by atoms with Crippen molar-refractivity contribution in [1.29, 1.82) is 0 Å². The summed E-state index contributed by atoms with van der Waals surface area (Å²) in [5, 5.41) is 2.74. The highest BCUT2D eigenvalue weighted by Gasteiger charge is 2.30. The highest BCUT2D eigenvalue weighted by Crippen LogP contribution is 2.28. The zero-order valence-corrected chi connectivity index (χ0v) is 11.1. The number of carbonyl (C=O) groups excluding carboxylic acids is 2. The number of fused-ring (bicyclic) bond motifs is 1. The average molecular weight is 261 g/mol. The molecular weight excluding hydrogens is 242 g/mol. The van der Waals surface area contributed by atoms with Crippen molar-refractivity contribution in [3.63, 3.8) is 0 Å². The van der Waals surface area contributed by atoms with Crippen LogP contribution in [0.5, 0.6) is 0 Å². The third kappa shape index (κ3) is 3.12. The van der Waals surface area contributed by atoms with Gasteiger partial charge in [0.1, 0.15) is 6.04 Å². The molecule has 1 heterocycles. The molecule has 2 rings (SSSR count). The van der Waals surface area contributed by atoms with Crippen LogP contribution in [0.15, 0.2) is 24.3 Å². The van der Waals surface area contributed by atoms with Gasteiger partial charge < -0.3 is 11.1 Å². The van der Waals surface area contributed by atoms with Gasteiger partial charge in [-0.05, 0) is 17.5 Å². The molecule has 5 heteroatoms. The third-order valence-electron chi connectivity index (χ3n) is 3.43. The van der Waals surface area contributed by atoms with Crippen molar-refractivity contribution in [2.75, 3.05) is 19.6 Å². The molecule has 5 nitrogen and oxygen atoms in total. The Labute approximate surface area is 112 Å². The van der Waals surface area contributed by atoms with E-state index in [9.17, 15) is 9.59 Å². The summed E-state index contributed by atoms with van der Waals surface area (Å²) in [4.78, 5) is 24.6. The van der Waals surface area contributed by atoms with E-state index in [0.717, 1.165) is 18.5 Å². The summed E-state index contributed by atoms with van der Waals surface area (Å²) < 4.78 is 0. The predicted molar refractivity (Wildman–Crippen MR) is 72.3 cm³/mol. The second-order valence-electron chi connectivity index (χ2n) is 4.77. The van der Waals surface area contributed by atoms with Gasteiger partial charge in [0.2, 0.25) is 11.8 Å². The highest BCUT2D eigenvalue weighted by molar-refractivity contribution is 5.82. The number of primary amides is 1. The topological polar surface area (TPSA) is 75.4 Å². The van der Waals surface area contributed by atoms with Crippen LogP contribution < -0.4 is 11.1 Å². The van der Waals surface area contributed by atoms with Crippen LogP contribution in [0.2, 0.25) is 0 Å². The lowest BCUT2D eigenvalue weighted by Crippen LogP contribution is -2.45. The van der Waals surface area contributed by atoms with E-state index in [-0.39, 0.29) is 11.8 Å². The fourth-order valence-corrected chi connectivity index (χ4v) is 2.57. The minimum absolute atomic E-state index is 0.0620. The normalized spacial score (nSPS) is 18.7. The summed E-state index contributed by atoms with van der Waals surface area (Å²) in [6, 6.07) is 7.50. The minimum Gasteiger partial charge on any atom is -0.368 e. The van der Waals surface area contributed by atoms with Gasteiger partial charge in [0.25, 0.3) is 0 Å². The zero-order valence-electron chi connectivity index (χ0n) is 11.1. The van der Waals surface area contributed by atoms with Crippen molar-refractivity contribution in [2.45, 2.75) is 19.4 Å². The average Bonchev–Trinajstić information content (AvgIpc) is 2.37. The Kier molecular flexibility index (Phi) is 4.16. The number of hydrogen-bond donors (Lipinski definition) is 2. The van der Waals surface area contributed by atoms with E-state index in [1.54, 1.807) is 0 Å². The van der Waals surface area contributed by atoms with Crippen LogP contribution in [0.4, 0.5) is 0 Å². The summed E-state index contributed by atoms with van der Waals surface area (Å²) in [7, 11) is 0. The van der Waals surface area contributed by atoms with E-state index in [2.05, 4.69) is 5.32 Å². The Morgan fingerprint density at radius 1 is 1.42 bits per heavy atom. The molecule has 1 unspecified atom stereocenters. The van der Waals surface area contributed by atoms with E-state index in [1.807, 2.05) is 29.2 Å². The van der Waals surface area contributed by atoms with E-state index in [1.165, 1.54) is 12.5 Å². The van der Waals surface area contributed by atoms with Crippen LogP contribution in [0.1, 0.15) is 24.1 Å². The fraction of sp³-hybridized carbons (Fsp3) is 0.429. The molecule has 0 spiro atoms. The summed E-state index contributed by atoms with van der Waals surface area (Å²) in [5.74, 6) is -0.400. The second kappa shape index (κ2) is 5.84. The van der Waals surface area contributed by atoms with Crippen molar-refractivity contribution in [1.82, 2.24) is 10.2 Å². The molecule has 102 valence electrons. The molecule has 0 aliphatic carbocycles. The quantitative estimate of drug-likeness (QED) is 0.813. The Morgan fingerprint density at radius 3 is 2.84 bits per heavy atom. The van der Waals surface area contributed by atoms with Crippen molar-refractivity contribution < 1.29 is 9.59 Å². The fourth-order valence-electron chi connectivity index (χ4n) is 2.57. The summed E-state index contributed by atoms with van der Waals surface area (Å²) in [6.45, 7) is 3.42. The zero-order chi connectivity index (χ0) is 13.8. The van der Waals surface area contributed by atoms with Gasteiger partial charge in [-0.25, -0.2) is 0 Å². The first-order chi connectivity index (χ1) is 9.09. The monoisotopic (exact) mass is 261 g/mol. The van der Waals surface area contributed by atoms with Crippen LogP contribution >= 0.6 is 0 Å². The van der Waals surface area contributed by atoms with Gasteiger partial charge >= 0.3 is 0 Å². The van der Waals surface area contributed by atoms with E-state index >= 15 is 0 Å². The molecule has 0 fully saturated rings. The maximum atomic E-state index is 11.7. The van der Waals surface area contributed by atoms with Gasteiger partial charge in [-0.3, -0.25) is 14.5 Å². The first-order valence-electron chi connectivity index (χ1n) is 6.45. The number of rotatable bonds is 4. The molecule has 1 aliphatic heterocycles. The number of nitrogens with one attached hydrogen (secondary N) is 1. The summed E-state index contributed by atoms with van der Waals surface area (Å²) >= 11 is 0. The van der Waals surface area contributed by atoms with Crippen LogP contribution in [-0.2, 0) is 16.0 Å². The van der Waals surface area contributed by atoms with Gasteiger partial charge in [0.15, 0.2) is 0 Å². The van der Waals surface area contributed by atoms with Gasteiger partial charge in [-0.1, -0.05) is 24.3 Å². The largest absolute Gasteiger partial charge is 0.368 e. The number of amides is 2. The molecule has 1 aromatic rings. The second-order valence-corrected chi connectivity index (χ2v) is 4.77. The lowest BCUT2D eigenvalue weighted by Gasteiger charge is -2.35. The lowest BCUT2D eigenvalue weighted by molar-refractivity contribution is -0.123. The van der Waals surface area contributed by atoms with Crippen LogP contribution in [0, 0.1) is 0 Å². The molecule has 0 radical (unpaired) electrons. The third-order valence-corrected chi connectivity index (χ3v) is 3.43. The molecule has 2 amide bonds. The SMILES string of the molecule is CC(=O)NCCN1CCc2ccccc2C1C(N)=O. The highest BCUT2D eigenvalue weighted by atomic mass is 16.2. The maximum Gasteiger partial charge on any atom is 0.239 e. The Balaban J connectivity index is 2.13. The predicted octanol–water partition coefficient (Wildman–Crippen LogP) is 0.207. The first-order valence-corrected chi connectivity index (χ1v) is 6.45. The van der Waals surface area contributed by atoms with Crippen molar-refractivity contribution >= 4 is 11.8 Å². The molecule has 1 atom stereocenters. The number of nitrogens with two attached hydrogens (primary N) is 1. The molecule has 1 aromatic carbocycles. The van der Waals surface area contributed by atoms with Crippen molar-refractivity contribution in [2.24, 2.45) is 5.73 Å². The minimum atomic E-state index is -0.390. The molecule has 1 aliphatic rings. The smallest absolute Gasteiger partial charge is 0.239 e. The number of nitrogens with zero attached hydrogens (tertiary/aromatic N) is 1. The van der Waals surface area contributed by atoms with E-state index < -0.39 is 6.04 Å². The first kappa shape index (κ1) is 13.5. The van der Waals surface area contributed by atoms with Crippen LogP contribution in [0.25, 0.3) is 0 Å². The number of benzene rings is 1. The molecule has 0 saturated heterocycles. The van der Waals surface area contributed by atoms with Crippen molar-refractivity contribution in [3.05, 3.63) is 35.4 Å². The van der Waals surface area contributed by atoms with Crippen LogP contribution in [0.3, 0.4) is 0 Å². The molecule has 0 aromatic heterocycles. The van der Waals surface area contributed by atoms with Crippen molar-refractivity contribution in [3.8, 4) is 0 Å². The van der Waals surface area contributed by atoms with E-state index in [0.29, 0.717) is 13.1 Å². The Bertz CT molecular complexity index is 487. The van der Waals surface area contributed by atoms with Gasteiger partial charge in [-0.2, -0.15) is 0 Å². The van der Waals surface area contributed by atoms with Gasteiger partial charge in [-0.15, -0.1) is 0 Å². The van der Waals surface area contributed by atoms with Gasteiger partial charge in [0, 0.05) is 26.6 Å². The molecule has 0 bridgehead atoms. The van der Waals surface area contributed by atoms with Crippen LogP contribution in [-0.4, -0.2) is 36.3 Å². The standard InChI is InChI=1S/C14H19N3O2/c1-10(18)16-7-9-17-8-6-11-4-2-3-5-12(11)13(17)14(15)19/h2-5,13H,6-9H2,1H3,(H2,15,19)(H,16,18). The number of carbonyl (C=O) groups is 2. The molecule has 19 heavy (non-hydrogen) atoms. The molecule has 3 N–H and O–H groups in total.